The van der Waals surface area contributed by atoms with Crippen molar-refractivity contribution in [2.75, 3.05) is 10.2 Å². The number of aromatic nitrogens is 6. The van der Waals surface area contributed by atoms with E-state index in [0.29, 0.717) is 39.3 Å². The van der Waals surface area contributed by atoms with Gasteiger partial charge in [-0.25, -0.2) is 24.7 Å². The Kier molecular flexibility index (Phi) is 8.29. The fourth-order valence-corrected chi connectivity index (χ4v) is 4.95. The third-order valence-corrected chi connectivity index (χ3v) is 7.18. The van der Waals surface area contributed by atoms with E-state index in [9.17, 15) is 10.1 Å². The van der Waals surface area contributed by atoms with E-state index in [2.05, 4.69) is 62.8 Å². The van der Waals surface area contributed by atoms with Gasteiger partial charge in [-0.05, 0) is 47.2 Å². The van der Waals surface area contributed by atoms with E-state index in [4.69, 9.17) is 11.6 Å². The van der Waals surface area contributed by atoms with Crippen LogP contribution in [0.5, 0.6) is 0 Å². The Hall–Kier alpha value is -4.08. The highest BCUT2D eigenvalue weighted by atomic mass is 79.9. The van der Waals surface area contributed by atoms with Crippen molar-refractivity contribution in [3.63, 3.8) is 0 Å². The molecule has 5 rings (SSSR count). The third-order valence-electron chi connectivity index (χ3n) is 6.48. The van der Waals surface area contributed by atoms with Crippen LogP contribution in [0, 0.1) is 11.3 Å². The molecular formula is C26H24BrClN10O. The summed E-state index contributed by atoms with van der Waals surface area (Å²) in [5.74, 6) is 0.888. The van der Waals surface area contributed by atoms with E-state index >= 15 is 0 Å². The molecule has 3 heterocycles. The lowest BCUT2D eigenvalue weighted by atomic mass is 9.90. The Morgan fingerprint density at radius 3 is 2.56 bits per heavy atom. The van der Waals surface area contributed by atoms with Crippen molar-refractivity contribution in [2.24, 2.45) is 0 Å². The Labute approximate surface area is 238 Å². The van der Waals surface area contributed by atoms with Crippen LogP contribution in [0.3, 0.4) is 0 Å². The molecule has 3 aromatic heterocycles. The fourth-order valence-electron chi connectivity index (χ4n) is 4.56. The number of hydrogen-bond donors (Lipinski definition) is 3. The number of aromatic amines is 1. The largest absolute Gasteiger partial charge is 0.351 e. The molecule has 1 aliphatic rings. The highest BCUT2D eigenvalue weighted by molar-refractivity contribution is 9.10. The molecule has 1 fully saturated rings. The SMILES string of the molecule is N#Cc1cnc(N[C@H]2CC[C@H](N(C(=O)NCc3ccccc3)c3cnc(Br)cn3)CC2)nc1-c1n[nH]cc1Cl. The maximum Gasteiger partial charge on any atom is 0.323 e. The third kappa shape index (κ3) is 6.32. The average Bonchev–Trinajstić information content (AvgIpc) is 3.40. The monoisotopic (exact) mass is 606 g/mol. The number of carbonyl (C=O) groups is 1. The van der Waals surface area contributed by atoms with Crippen LogP contribution in [0.1, 0.15) is 36.8 Å². The Bertz CT molecular complexity index is 1470. The van der Waals surface area contributed by atoms with Crippen molar-refractivity contribution in [3.05, 3.63) is 75.9 Å². The molecule has 4 aromatic rings. The summed E-state index contributed by atoms with van der Waals surface area (Å²) in [6, 6.07) is 11.7. The molecule has 1 saturated carbocycles. The predicted octanol–water partition coefficient (Wildman–Crippen LogP) is 5.08. The summed E-state index contributed by atoms with van der Waals surface area (Å²) < 4.78 is 0.599. The lowest BCUT2D eigenvalue weighted by Gasteiger charge is -2.36. The van der Waals surface area contributed by atoms with Crippen LogP contribution in [0.25, 0.3) is 11.4 Å². The van der Waals surface area contributed by atoms with Crippen LogP contribution in [0.2, 0.25) is 5.02 Å². The molecule has 0 bridgehead atoms. The number of urea groups is 1. The zero-order chi connectivity index (χ0) is 27.2. The van der Waals surface area contributed by atoms with E-state index in [0.717, 1.165) is 31.2 Å². The number of H-pyrrole nitrogens is 1. The van der Waals surface area contributed by atoms with Gasteiger partial charge in [-0.3, -0.25) is 10.00 Å². The Morgan fingerprint density at radius 1 is 1.10 bits per heavy atom. The lowest BCUT2D eigenvalue weighted by Crippen LogP contribution is -2.49. The first-order chi connectivity index (χ1) is 19.0. The molecule has 3 N–H and O–H groups in total. The first-order valence-electron chi connectivity index (χ1n) is 12.3. The van der Waals surface area contributed by atoms with Gasteiger partial charge in [-0.15, -0.1) is 0 Å². The fraction of sp³-hybridized carbons (Fsp3) is 0.269. The second kappa shape index (κ2) is 12.2. The first-order valence-corrected chi connectivity index (χ1v) is 13.5. The van der Waals surface area contributed by atoms with Gasteiger partial charge in [0, 0.05) is 24.8 Å². The van der Waals surface area contributed by atoms with Gasteiger partial charge in [0.15, 0.2) is 5.82 Å². The van der Waals surface area contributed by atoms with Crippen LogP contribution in [-0.2, 0) is 6.54 Å². The summed E-state index contributed by atoms with van der Waals surface area (Å²) in [7, 11) is 0. The molecule has 13 heteroatoms. The molecule has 0 aliphatic heterocycles. The number of halogens is 2. The highest BCUT2D eigenvalue weighted by Crippen LogP contribution is 2.30. The molecular weight excluding hydrogens is 584 g/mol. The van der Waals surface area contributed by atoms with Crippen LogP contribution in [-0.4, -0.2) is 48.2 Å². The topological polar surface area (TPSA) is 148 Å². The molecule has 2 amide bonds. The van der Waals surface area contributed by atoms with Crippen molar-refractivity contribution in [2.45, 2.75) is 44.3 Å². The smallest absolute Gasteiger partial charge is 0.323 e. The summed E-state index contributed by atoms with van der Waals surface area (Å²) in [5, 5.41) is 23.0. The van der Waals surface area contributed by atoms with Crippen molar-refractivity contribution in [1.82, 2.24) is 35.5 Å². The molecule has 0 spiro atoms. The van der Waals surface area contributed by atoms with Gasteiger partial charge < -0.3 is 10.6 Å². The summed E-state index contributed by atoms with van der Waals surface area (Å²) in [4.78, 5) is 32.6. The minimum absolute atomic E-state index is 0.0606. The number of amides is 2. The maximum atomic E-state index is 13.4. The van der Waals surface area contributed by atoms with Gasteiger partial charge in [0.05, 0.1) is 29.2 Å². The number of nitrogens with zero attached hydrogens (tertiary/aromatic N) is 7. The van der Waals surface area contributed by atoms with Crippen LogP contribution in [0.4, 0.5) is 16.6 Å². The number of rotatable bonds is 7. The van der Waals surface area contributed by atoms with Crippen LogP contribution >= 0.6 is 27.5 Å². The average molecular weight is 608 g/mol. The predicted molar refractivity (Wildman–Crippen MR) is 150 cm³/mol. The quantitative estimate of drug-likeness (QED) is 0.263. The zero-order valence-corrected chi connectivity index (χ0v) is 23.0. The number of hydrogen-bond acceptors (Lipinski definition) is 8. The van der Waals surface area contributed by atoms with Crippen molar-refractivity contribution < 1.29 is 4.79 Å². The van der Waals surface area contributed by atoms with Gasteiger partial charge in [-0.2, -0.15) is 10.4 Å². The molecule has 11 nitrogen and oxygen atoms in total. The number of carbonyl (C=O) groups excluding carboxylic acids is 1. The summed E-state index contributed by atoms with van der Waals surface area (Å²) in [6.45, 7) is 0.412. The van der Waals surface area contributed by atoms with Crippen molar-refractivity contribution >= 4 is 45.3 Å². The number of benzene rings is 1. The van der Waals surface area contributed by atoms with Gasteiger partial charge in [0.1, 0.15) is 22.1 Å². The second-order valence-corrected chi connectivity index (χ2v) is 10.2. The van der Waals surface area contributed by atoms with Crippen molar-refractivity contribution in [1.29, 1.82) is 5.26 Å². The van der Waals surface area contributed by atoms with Gasteiger partial charge in [0.25, 0.3) is 0 Å². The standard InChI is InChI=1S/C26H24BrClN10O/c27-21-14-31-22(15-30-21)38(26(39)33-11-16-4-2-1-3-5-16)19-8-6-18(7-9-19)35-25-32-12-17(10-29)23(36-25)24-20(28)13-34-37-24/h1-5,12-15,18-19H,6-9,11H2,(H,33,39)(H,34,37)(H,32,35,36)/t18-,19-. The maximum absolute atomic E-state index is 13.4. The number of nitriles is 1. The summed E-state index contributed by atoms with van der Waals surface area (Å²) in [5.41, 5.74) is 2.06. The first kappa shape index (κ1) is 26.5. The normalized spacial score (nSPS) is 16.7. The molecule has 0 radical (unpaired) electrons. The van der Waals surface area contributed by atoms with Gasteiger partial charge in [0.2, 0.25) is 5.95 Å². The Balaban J connectivity index is 1.27. The Morgan fingerprint density at radius 2 is 1.90 bits per heavy atom. The van der Waals surface area contributed by atoms with Crippen molar-refractivity contribution in [3.8, 4) is 17.5 Å². The van der Waals surface area contributed by atoms with E-state index in [1.165, 1.54) is 12.4 Å². The number of anilines is 2. The minimum atomic E-state index is -0.220. The molecule has 0 unspecified atom stereocenters. The zero-order valence-electron chi connectivity index (χ0n) is 20.7. The van der Waals surface area contributed by atoms with E-state index < -0.39 is 0 Å². The number of nitrogens with one attached hydrogen (secondary N) is 3. The second-order valence-electron chi connectivity index (χ2n) is 9.01. The van der Waals surface area contributed by atoms with E-state index in [1.807, 2.05) is 30.3 Å². The van der Waals surface area contributed by atoms with Crippen LogP contribution < -0.4 is 15.5 Å². The molecule has 1 aliphatic carbocycles. The summed E-state index contributed by atoms with van der Waals surface area (Å²) >= 11 is 9.52. The molecule has 0 atom stereocenters. The van der Waals surface area contributed by atoms with E-state index in [-0.39, 0.29) is 23.7 Å². The molecule has 39 heavy (non-hydrogen) atoms. The highest BCUT2D eigenvalue weighted by Gasteiger charge is 2.31. The van der Waals surface area contributed by atoms with E-state index in [1.54, 1.807) is 17.3 Å². The lowest BCUT2D eigenvalue weighted by molar-refractivity contribution is 0.240. The van der Waals surface area contributed by atoms with Gasteiger partial charge in [-0.1, -0.05) is 41.9 Å². The summed E-state index contributed by atoms with van der Waals surface area (Å²) in [6.07, 6.45) is 9.22. The molecule has 1 aromatic carbocycles. The molecule has 198 valence electrons. The minimum Gasteiger partial charge on any atom is -0.351 e. The van der Waals surface area contributed by atoms with Crippen LogP contribution in [0.15, 0.2) is 59.7 Å². The molecule has 0 saturated heterocycles. The van der Waals surface area contributed by atoms with Gasteiger partial charge >= 0.3 is 6.03 Å².